The molecule has 28 heavy (non-hydrogen) atoms. The van der Waals surface area contributed by atoms with Crippen molar-refractivity contribution in [3.05, 3.63) is 65.2 Å². The van der Waals surface area contributed by atoms with Gasteiger partial charge in [-0.15, -0.1) is 15.3 Å². The Bertz CT molecular complexity index is 1160. The van der Waals surface area contributed by atoms with Crippen LogP contribution in [-0.2, 0) is 6.18 Å². The first-order valence-corrected chi connectivity index (χ1v) is 8.39. The van der Waals surface area contributed by atoms with Crippen molar-refractivity contribution < 1.29 is 17.9 Å². The molecule has 142 valence electrons. The van der Waals surface area contributed by atoms with Crippen LogP contribution in [0.5, 0.6) is 11.6 Å². The van der Waals surface area contributed by atoms with E-state index in [1.54, 1.807) is 24.4 Å². The first-order valence-electron chi connectivity index (χ1n) is 8.01. The van der Waals surface area contributed by atoms with Crippen molar-refractivity contribution in [3.63, 3.8) is 0 Å². The zero-order chi connectivity index (χ0) is 19.9. The van der Waals surface area contributed by atoms with Gasteiger partial charge in [-0.1, -0.05) is 6.07 Å². The van der Waals surface area contributed by atoms with Crippen LogP contribution < -0.4 is 4.74 Å². The van der Waals surface area contributed by atoms with Crippen LogP contribution in [0.4, 0.5) is 13.2 Å². The molecule has 4 rings (SSSR count). The van der Waals surface area contributed by atoms with E-state index in [0.29, 0.717) is 16.8 Å². The zero-order valence-electron chi connectivity index (χ0n) is 14.3. The molecule has 0 fully saturated rings. The Morgan fingerprint density at radius 1 is 1.04 bits per heavy atom. The van der Waals surface area contributed by atoms with Crippen LogP contribution in [0.15, 0.2) is 48.7 Å². The maximum absolute atomic E-state index is 13.2. The van der Waals surface area contributed by atoms with Gasteiger partial charge in [-0.25, -0.2) is 0 Å². The van der Waals surface area contributed by atoms with E-state index in [1.165, 1.54) is 16.6 Å². The molecule has 0 saturated heterocycles. The number of aryl methyl sites for hydroxylation is 1. The van der Waals surface area contributed by atoms with Crippen molar-refractivity contribution >= 4 is 17.2 Å². The second-order valence-corrected chi connectivity index (χ2v) is 6.25. The molecular formula is C18H11ClF3N5O. The molecule has 0 atom stereocenters. The van der Waals surface area contributed by atoms with Gasteiger partial charge in [0.25, 0.3) is 0 Å². The number of aromatic nitrogens is 5. The lowest BCUT2D eigenvalue weighted by Gasteiger charge is -2.14. The van der Waals surface area contributed by atoms with Gasteiger partial charge in [-0.05, 0) is 48.9 Å². The smallest absolute Gasteiger partial charge is 0.416 e. The molecule has 0 saturated carbocycles. The van der Waals surface area contributed by atoms with Crippen LogP contribution >= 0.6 is 11.6 Å². The molecule has 0 aliphatic rings. The third kappa shape index (κ3) is 3.48. The van der Waals surface area contributed by atoms with Crippen molar-refractivity contribution in [1.82, 2.24) is 24.8 Å². The molecule has 0 aliphatic carbocycles. The van der Waals surface area contributed by atoms with E-state index in [4.69, 9.17) is 16.3 Å². The number of rotatable bonds is 3. The van der Waals surface area contributed by atoms with E-state index >= 15 is 0 Å². The minimum Gasteiger partial charge on any atom is -0.437 e. The van der Waals surface area contributed by atoms with Gasteiger partial charge in [0.15, 0.2) is 5.65 Å². The summed E-state index contributed by atoms with van der Waals surface area (Å²) in [5.74, 6) is 0.0198. The molecule has 0 unspecified atom stereocenters. The molecule has 4 aromatic rings. The van der Waals surface area contributed by atoms with Crippen LogP contribution in [0.2, 0.25) is 5.28 Å². The molecule has 0 amide bonds. The highest BCUT2D eigenvalue weighted by Gasteiger charge is 2.31. The first kappa shape index (κ1) is 18.2. The molecule has 0 radical (unpaired) electrons. The summed E-state index contributed by atoms with van der Waals surface area (Å²) in [6, 6.07) is 9.79. The van der Waals surface area contributed by atoms with Gasteiger partial charge in [0.2, 0.25) is 11.2 Å². The van der Waals surface area contributed by atoms with Crippen LogP contribution in [0, 0.1) is 6.92 Å². The van der Waals surface area contributed by atoms with E-state index in [9.17, 15) is 13.2 Å². The fraction of sp³-hybridized carbons (Fsp3) is 0.111. The Morgan fingerprint density at radius 3 is 2.57 bits per heavy atom. The molecule has 10 heteroatoms. The molecule has 6 nitrogen and oxygen atoms in total. The Hall–Kier alpha value is -3.20. The van der Waals surface area contributed by atoms with E-state index in [-0.39, 0.29) is 16.9 Å². The van der Waals surface area contributed by atoms with Gasteiger partial charge >= 0.3 is 6.18 Å². The third-order valence-electron chi connectivity index (χ3n) is 3.95. The van der Waals surface area contributed by atoms with Crippen molar-refractivity contribution in [1.29, 1.82) is 0 Å². The van der Waals surface area contributed by atoms with Gasteiger partial charge in [-0.3, -0.25) is 4.98 Å². The monoisotopic (exact) mass is 405 g/mol. The van der Waals surface area contributed by atoms with Gasteiger partial charge in [0, 0.05) is 29.1 Å². The molecule has 0 aliphatic heterocycles. The highest BCUT2D eigenvalue weighted by atomic mass is 35.5. The quantitative estimate of drug-likeness (QED) is 0.482. The molecule has 0 N–H and O–H groups in total. The molecule has 0 bridgehead atoms. The van der Waals surface area contributed by atoms with Gasteiger partial charge in [0.1, 0.15) is 5.75 Å². The second-order valence-electron chi connectivity index (χ2n) is 5.91. The number of fused-ring (bicyclic) bond motifs is 1. The summed E-state index contributed by atoms with van der Waals surface area (Å²) in [7, 11) is 0. The lowest BCUT2D eigenvalue weighted by atomic mass is 10.0. The zero-order valence-corrected chi connectivity index (χ0v) is 15.0. The van der Waals surface area contributed by atoms with Crippen LogP contribution in [0.25, 0.3) is 16.8 Å². The van der Waals surface area contributed by atoms with E-state index < -0.39 is 11.7 Å². The summed E-state index contributed by atoms with van der Waals surface area (Å²) in [4.78, 5) is 4.19. The lowest BCUT2D eigenvalue weighted by Crippen LogP contribution is -2.05. The minimum absolute atomic E-state index is 0.00690. The normalized spacial score (nSPS) is 11.8. The van der Waals surface area contributed by atoms with Gasteiger partial charge in [-0.2, -0.15) is 17.7 Å². The Kier molecular flexibility index (Phi) is 4.38. The number of nitrogens with zero attached hydrogens (tertiary/aromatic N) is 5. The fourth-order valence-electron chi connectivity index (χ4n) is 2.56. The summed E-state index contributed by atoms with van der Waals surface area (Å²) < 4.78 is 46.5. The van der Waals surface area contributed by atoms with Crippen molar-refractivity contribution in [2.75, 3.05) is 0 Å². The van der Waals surface area contributed by atoms with Crippen molar-refractivity contribution in [2.24, 2.45) is 0 Å². The largest absolute Gasteiger partial charge is 0.437 e. The van der Waals surface area contributed by atoms with Gasteiger partial charge in [0.05, 0.1) is 5.56 Å². The maximum Gasteiger partial charge on any atom is 0.416 e. The Labute approximate surface area is 161 Å². The predicted molar refractivity (Wildman–Crippen MR) is 95.3 cm³/mol. The lowest BCUT2D eigenvalue weighted by molar-refractivity contribution is -0.137. The summed E-state index contributed by atoms with van der Waals surface area (Å²) >= 11 is 5.89. The van der Waals surface area contributed by atoms with Crippen LogP contribution in [-0.4, -0.2) is 24.8 Å². The van der Waals surface area contributed by atoms with E-state index in [1.807, 2.05) is 6.92 Å². The second kappa shape index (κ2) is 6.75. The number of hydrogen-bond acceptors (Lipinski definition) is 5. The third-order valence-corrected chi connectivity index (χ3v) is 4.18. The SMILES string of the molecule is Cc1ccc(-c2ccc(C(F)(F)F)cc2Oc2ccc3nnc(Cl)n3n2)cn1. The topological polar surface area (TPSA) is 65.2 Å². The van der Waals surface area contributed by atoms with Gasteiger partial charge < -0.3 is 4.74 Å². The summed E-state index contributed by atoms with van der Waals surface area (Å²) in [5, 5.41) is 11.6. The maximum atomic E-state index is 13.2. The first-order chi connectivity index (χ1) is 13.3. The molecule has 1 aromatic carbocycles. The van der Waals surface area contributed by atoms with Crippen molar-refractivity contribution in [2.45, 2.75) is 13.1 Å². The highest BCUT2D eigenvalue weighted by Crippen LogP contribution is 2.38. The van der Waals surface area contributed by atoms with E-state index in [2.05, 4.69) is 20.3 Å². The number of hydrogen-bond donors (Lipinski definition) is 0. The average Bonchev–Trinajstić information content (AvgIpc) is 3.02. The number of alkyl halides is 3. The molecule has 3 heterocycles. The Balaban J connectivity index is 1.81. The fourth-order valence-corrected chi connectivity index (χ4v) is 2.72. The number of pyridine rings is 1. The van der Waals surface area contributed by atoms with Crippen LogP contribution in [0.3, 0.4) is 0 Å². The molecular weight excluding hydrogens is 395 g/mol. The standard InChI is InChI=1S/C18H11ClF3N5O/c1-10-2-3-11(9-23-10)13-5-4-12(18(20,21)22)8-14(13)28-16-7-6-15-24-25-17(19)27(15)26-16/h2-9H,1H3. The number of ether oxygens (including phenoxy) is 1. The van der Waals surface area contributed by atoms with E-state index in [0.717, 1.165) is 17.8 Å². The number of benzene rings is 1. The van der Waals surface area contributed by atoms with Crippen LogP contribution in [0.1, 0.15) is 11.3 Å². The van der Waals surface area contributed by atoms with Crippen molar-refractivity contribution in [3.8, 4) is 22.8 Å². The summed E-state index contributed by atoms with van der Waals surface area (Å²) in [5.41, 5.74) is 1.38. The molecule has 0 spiro atoms. The predicted octanol–water partition coefficient (Wildman–Crippen LogP) is 4.96. The average molecular weight is 406 g/mol. The minimum atomic E-state index is -4.52. The highest BCUT2D eigenvalue weighted by molar-refractivity contribution is 6.28. The number of halogens is 4. The summed E-state index contributed by atoms with van der Waals surface area (Å²) in [6.45, 7) is 1.82. The molecule has 3 aromatic heterocycles. The summed E-state index contributed by atoms with van der Waals surface area (Å²) in [6.07, 6.45) is -2.95. The Morgan fingerprint density at radius 2 is 1.86 bits per heavy atom.